The zero-order valence-electron chi connectivity index (χ0n) is 17.0. The van der Waals surface area contributed by atoms with E-state index in [2.05, 4.69) is 35.4 Å². The summed E-state index contributed by atoms with van der Waals surface area (Å²) in [6, 6.07) is 6.43. The first-order valence-corrected chi connectivity index (χ1v) is 9.08. The number of halogens is 2. The van der Waals surface area contributed by atoms with Crippen molar-refractivity contribution in [1.29, 1.82) is 0 Å². The van der Waals surface area contributed by atoms with Crippen LogP contribution in [0.2, 0.25) is 0 Å². The second-order valence-corrected chi connectivity index (χ2v) is 6.21. The maximum Gasteiger partial charge on any atom is 0.316 e. The van der Waals surface area contributed by atoms with Gasteiger partial charge >= 0.3 is 6.01 Å². The Labute approximate surface area is 176 Å². The zero-order chi connectivity index (χ0) is 22.2. The normalized spacial score (nSPS) is 12.2. The molecule has 160 valence electrons. The quantitative estimate of drug-likeness (QED) is 0.497. The van der Waals surface area contributed by atoms with Crippen molar-refractivity contribution in [2.24, 2.45) is 10.2 Å². The number of pyridine rings is 1. The Hall–Kier alpha value is -3.89. The molecule has 0 unspecified atom stereocenters. The molecular weight excluding hydrogens is 408 g/mol. The lowest BCUT2D eigenvalue weighted by atomic mass is 10.1. The van der Waals surface area contributed by atoms with Gasteiger partial charge in [-0.1, -0.05) is 0 Å². The summed E-state index contributed by atoms with van der Waals surface area (Å²) >= 11 is 0. The van der Waals surface area contributed by atoms with Gasteiger partial charge in [-0.2, -0.15) is 10.2 Å². The standard InChI is InChI=1S/C20H19F2N7O2/c1-12(18(29-23-2)16-5-4-13(8-24-16)19(21)22)11-31-17-7-6-15(27-28-17)14-9-25-20(30-3)26-10-14/h4-10,19H,11H2,1-3H3/b18-12+,29-23-. The highest BCUT2D eigenvalue weighted by Gasteiger charge is 2.12. The summed E-state index contributed by atoms with van der Waals surface area (Å²) in [6.07, 6.45) is 1.69. The summed E-state index contributed by atoms with van der Waals surface area (Å²) in [7, 11) is 2.99. The molecule has 0 aromatic carbocycles. The van der Waals surface area contributed by atoms with E-state index >= 15 is 0 Å². The number of rotatable bonds is 8. The molecule has 3 rings (SSSR count). The third kappa shape index (κ3) is 5.59. The maximum absolute atomic E-state index is 12.7. The monoisotopic (exact) mass is 427 g/mol. The van der Waals surface area contributed by atoms with Gasteiger partial charge in [-0.05, 0) is 30.7 Å². The van der Waals surface area contributed by atoms with Gasteiger partial charge in [0.1, 0.15) is 12.3 Å². The van der Waals surface area contributed by atoms with Crippen LogP contribution in [0.4, 0.5) is 8.78 Å². The first-order valence-electron chi connectivity index (χ1n) is 9.08. The highest BCUT2D eigenvalue weighted by molar-refractivity contribution is 5.64. The van der Waals surface area contributed by atoms with E-state index in [4.69, 9.17) is 9.47 Å². The zero-order valence-corrected chi connectivity index (χ0v) is 17.0. The first-order chi connectivity index (χ1) is 15.0. The van der Waals surface area contributed by atoms with Gasteiger partial charge in [0.2, 0.25) is 5.88 Å². The average Bonchev–Trinajstić information content (AvgIpc) is 2.81. The fourth-order valence-corrected chi connectivity index (χ4v) is 2.49. The molecule has 0 bridgehead atoms. The van der Waals surface area contributed by atoms with E-state index in [1.807, 2.05) is 0 Å². The Morgan fingerprint density at radius 1 is 1.03 bits per heavy atom. The second kappa shape index (κ2) is 10.2. The number of methoxy groups -OCH3 is 1. The molecule has 0 aliphatic carbocycles. The highest BCUT2D eigenvalue weighted by Crippen LogP contribution is 2.23. The number of azo groups is 1. The lowest BCUT2D eigenvalue weighted by molar-refractivity contribution is 0.151. The number of ether oxygens (including phenoxy) is 2. The topological polar surface area (TPSA) is 108 Å². The molecule has 0 fully saturated rings. The van der Waals surface area contributed by atoms with Crippen LogP contribution < -0.4 is 9.47 Å². The van der Waals surface area contributed by atoms with E-state index in [-0.39, 0.29) is 18.2 Å². The molecule has 0 N–H and O–H groups in total. The summed E-state index contributed by atoms with van der Waals surface area (Å²) in [4.78, 5) is 12.1. The number of alkyl halides is 2. The Balaban J connectivity index is 1.72. The van der Waals surface area contributed by atoms with Crippen LogP contribution in [0, 0.1) is 0 Å². The predicted molar refractivity (Wildman–Crippen MR) is 108 cm³/mol. The van der Waals surface area contributed by atoms with Gasteiger partial charge < -0.3 is 9.47 Å². The van der Waals surface area contributed by atoms with Crippen LogP contribution in [0.1, 0.15) is 24.6 Å². The average molecular weight is 427 g/mol. The molecule has 9 nitrogen and oxygen atoms in total. The summed E-state index contributed by atoms with van der Waals surface area (Å²) in [5, 5.41) is 16.0. The molecule has 0 radical (unpaired) electrons. The van der Waals surface area contributed by atoms with Crippen molar-refractivity contribution in [3.63, 3.8) is 0 Å². The lowest BCUT2D eigenvalue weighted by Crippen LogP contribution is -2.04. The van der Waals surface area contributed by atoms with Crippen LogP contribution in [-0.2, 0) is 0 Å². The molecule has 0 aliphatic rings. The van der Waals surface area contributed by atoms with E-state index in [1.54, 1.807) is 31.5 Å². The molecule has 0 spiro atoms. The number of aromatic nitrogens is 5. The third-order valence-electron chi connectivity index (χ3n) is 4.07. The minimum absolute atomic E-state index is 0.131. The number of hydrogen-bond donors (Lipinski definition) is 0. The minimum atomic E-state index is -2.59. The van der Waals surface area contributed by atoms with Crippen LogP contribution in [0.5, 0.6) is 11.9 Å². The van der Waals surface area contributed by atoms with Gasteiger partial charge in [-0.3, -0.25) is 4.98 Å². The smallest absolute Gasteiger partial charge is 0.316 e. The summed E-state index contributed by atoms with van der Waals surface area (Å²) in [6.45, 7) is 1.91. The largest absolute Gasteiger partial charge is 0.472 e. The molecule has 11 heteroatoms. The van der Waals surface area contributed by atoms with Crippen LogP contribution in [-0.4, -0.2) is 45.9 Å². The van der Waals surface area contributed by atoms with Crippen LogP contribution in [0.25, 0.3) is 17.0 Å². The van der Waals surface area contributed by atoms with Crippen molar-refractivity contribution in [2.45, 2.75) is 13.3 Å². The first kappa shape index (κ1) is 21.8. The molecule has 0 saturated carbocycles. The van der Waals surface area contributed by atoms with Gasteiger partial charge in [-0.15, -0.1) is 10.2 Å². The lowest BCUT2D eigenvalue weighted by Gasteiger charge is -2.09. The van der Waals surface area contributed by atoms with Crippen LogP contribution >= 0.6 is 0 Å². The van der Waals surface area contributed by atoms with Gasteiger partial charge in [0, 0.05) is 42.8 Å². The Morgan fingerprint density at radius 3 is 2.35 bits per heavy atom. The summed E-state index contributed by atoms with van der Waals surface area (Å²) in [5.41, 5.74) is 2.63. The van der Waals surface area contributed by atoms with Crippen molar-refractivity contribution < 1.29 is 18.3 Å². The molecule has 3 heterocycles. The van der Waals surface area contributed by atoms with Gasteiger partial charge in [0.25, 0.3) is 6.43 Å². The third-order valence-corrected chi connectivity index (χ3v) is 4.07. The van der Waals surface area contributed by atoms with Gasteiger partial charge in [-0.25, -0.2) is 18.7 Å². The molecule has 0 amide bonds. The fourth-order valence-electron chi connectivity index (χ4n) is 2.49. The van der Waals surface area contributed by atoms with Crippen molar-refractivity contribution in [2.75, 3.05) is 20.8 Å². The predicted octanol–water partition coefficient (Wildman–Crippen LogP) is 4.17. The number of hydrogen-bond acceptors (Lipinski definition) is 9. The molecule has 31 heavy (non-hydrogen) atoms. The Morgan fingerprint density at radius 2 is 1.81 bits per heavy atom. The maximum atomic E-state index is 12.7. The van der Waals surface area contributed by atoms with E-state index < -0.39 is 6.43 Å². The van der Waals surface area contributed by atoms with Crippen molar-refractivity contribution in [3.05, 3.63) is 59.7 Å². The van der Waals surface area contributed by atoms with Crippen molar-refractivity contribution in [3.8, 4) is 23.1 Å². The van der Waals surface area contributed by atoms with Crippen molar-refractivity contribution >= 4 is 5.70 Å². The van der Waals surface area contributed by atoms with Crippen molar-refractivity contribution in [1.82, 2.24) is 25.1 Å². The summed E-state index contributed by atoms with van der Waals surface area (Å²) < 4.78 is 36.1. The van der Waals surface area contributed by atoms with E-state index in [1.165, 1.54) is 26.3 Å². The van der Waals surface area contributed by atoms with Crippen LogP contribution in [0.3, 0.4) is 0 Å². The Kier molecular flexibility index (Phi) is 7.20. The van der Waals surface area contributed by atoms with E-state index in [0.717, 1.165) is 6.20 Å². The fraction of sp³-hybridized carbons (Fsp3) is 0.250. The SMILES string of the molecule is C/N=N\C(=C(/C)COc1ccc(-c2cnc(OC)nc2)nn1)c1ccc(C(F)F)cn1. The Bertz CT molecular complexity index is 1050. The highest BCUT2D eigenvalue weighted by atomic mass is 19.3. The second-order valence-electron chi connectivity index (χ2n) is 6.21. The van der Waals surface area contributed by atoms with E-state index in [0.29, 0.717) is 34.1 Å². The van der Waals surface area contributed by atoms with Crippen LogP contribution in [0.15, 0.2) is 58.7 Å². The summed E-state index contributed by atoms with van der Waals surface area (Å²) in [5.74, 6) is 0.298. The molecule has 3 aromatic heterocycles. The molecule has 0 atom stereocenters. The molecule has 0 saturated heterocycles. The van der Waals surface area contributed by atoms with Gasteiger partial charge in [0.15, 0.2) is 0 Å². The van der Waals surface area contributed by atoms with Gasteiger partial charge in [0.05, 0.1) is 18.5 Å². The molecular formula is C20H19F2N7O2. The van der Waals surface area contributed by atoms with E-state index in [9.17, 15) is 8.78 Å². The minimum Gasteiger partial charge on any atom is -0.472 e. The number of nitrogens with zero attached hydrogens (tertiary/aromatic N) is 7. The molecule has 3 aromatic rings. The molecule has 0 aliphatic heterocycles.